The van der Waals surface area contributed by atoms with Crippen LogP contribution in [0.4, 0.5) is 0 Å². The van der Waals surface area contributed by atoms with Gasteiger partial charge < -0.3 is 5.32 Å². The third kappa shape index (κ3) is 5.20. The molecule has 0 saturated heterocycles. The highest BCUT2D eigenvalue weighted by Crippen LogP contribution is 2.26. The first-order valence-electron chi connectivity index (χ1n) is 9.96. The van der Waals surface area contributed by atoms with Crippen molar-refractivity contribution in [2.75, 3.05) is 5.75 Å². The molecule has 1 heterocycles. The summed E-state index contributed by atoms with van der Waals surface area (Å²) in [5.74, 6) is -0.155. The van der Waals surface area contributed by atoms with Crippen molar-refractivity contribution in [2.24, 2.45) is 0 Å². The number of para-hydroxylation sites is 1. The van der Waals surface area contributed by atoms with E-state index in [1.807, 2.05) is 19.1 Å². The summed E-state index contributed by atoms with van der Waals surface area (Å²) in [7, 11) is 0. The molecule has 0 aliphatic heterocycles. The first-order valence-corrected chi connectivity index (χ1v) is 12.1. The van der Waals surface area contributed by atoms with Crippen molar-refractivity contribution in [3.05, 3.63) is 97.2 Å². The van der Waals surface area contributed by atoms with Crippen LogP contribution in [-0.2, 0) is 11.3 Å². The molecule has 3 aromatic carbocycles. The monoisotopic (exact) mass is 517 g/mol. The molecular formula is C24H18Cl3N3O2S. The Labute approximate surface area is 209 Å². The summed E-state index contributed by atoms with van der Waals surface area (Å²) < 4.78 is 1.51. The molecule has 0 aliphatic carbocycles. The lowest BCUT2D eigenvalue weighted by Crippen LogP contribution is -2.26. The Morgan fingerprint density at radius 2 is 1.82 bits per heavy atom. The van der Waals surface area contributed by atoms with Gasteiger partial charge in [-0.3, -0.25) is 14.2 Å². The molecule has 1 aromatic heterocycles. The van der Waals surface area contributed by atoms with Gasteiger partial charge in [-0.1, -0.05) is 70.8 Å². The van der Waals surface area contributed by atoms with E-state index < -0.39 is 0 Å². The average molecular weight is 519 g/mol. The topological polar surface area (TPSA) is 64.0 Å². The fourth-order valence-corrected chi connectivity index (χ4v) is 4.78. The SMILES string of the molecule is Cc1c(Cl)cccc1-n1c(SCC(=O)NCc2ccc(Cl)cc2Cl)nc2ccccc2c1=O. The number of hydrogen-bond acceptors (Lipinski definition) is 4. The number of aromatic nitrogens is 2. The van der Waals surface area contributed by atoms with Gasteiger partial charge in [-0.2, -0.15) is 0 Å². The standard InChI is InChI=1S/C24H18Cl3N3O2S/c1-14-18(26)6-4-8-21(14)30-23(32)17-5-2-3-7-20(17)29-24(30)33-13-22(31)28-12-15-9-10-16(25)11-19(15)27/h2-11H,12-13H2,1H3,(H,28,31). The Hall–Kier alpha value is -2.51. The highest BCUT2D eigenvalue weighted by atomic mass is 35.5. The zero-order valence-electron chi connectivity index (χ0n) is 17.4. The maximum Gasteiger partial charge on any atom is 0.266 e. The molecule has 0 fully saturated rings. The number of amides is 1. The smallest absolute Gasteiger partial charge is 0.266 e. The van der Waals surface area contributed by atoms with E-state index in [-0.39, 0.29) is 23.8 Å². The van der Waals surface area contributed by atoms with Crippen molar-refractivity contribution in [1.29, 1.82) is 0 Å². The Kier molecular flexibility index (Phi) is 7.29. The quantitative estimate of drug-likeness (QED) is 0.249. The van der Waals surface area contributed by atoms with Crippen molar-refractivity contribution >= 4 is 63.4 Å². The minimum atomic E-state index is -0.221. The normalized spacial score (nSPS) is 11.0. The fraction of sp³-hybridized carbons (Fsp3) is 0.125. The number of carbonyl (C=O) groups excluding carboxylic acids is 1. The van der Waals surface area contributed by atoms with Crippen LogP contribution in [0.2, 0.25) is 15.1 Å². The molecule has 33 heavy (non-hydrogen) atoms. The molecule has 4 rings (SSSR count). The lowest BCUT2D eigenvalue weighted by molar-refractivity contribution is -0.118. The summed E-state index contributed by atoms with van der Waals surface area (Å²) >= 11 is 19.6. The van der Waals surface area contributed by atoms with Gasteiger partial charge in [-0.15, -0.1) is 0 Å². The summed E-state index contributed by atoms with van der Waals surface area (Å²) in [6.07, 6.45) is 0. The number of hydrogen-bond donors (Lipinski definition) is 1. The zero-order valence-corrected chi connectivity index (χ0v) is 20.5. The second kappa shape index (κ2) is 10.2. The van der Waals surface area contributed by atoms with Gasteiger partial charge in [0, 0.05) is 21.6 Å². The number of halogens is 3. The van der Waals surface area contributed by atoms with Crippen molar-refractivity contribution in [3.63, 3.8) is 0 Å². The number of nitrogens with zero attached hydrogens (tertiary/aromatic N) is 2. The number of benzene rings is 3. The van der Waals surface area contributed by atoms with E-state index in [9.17, 15) is 9.59 Å². The van der Waals surface area contributed by atoms with Gasteiger partial charge in [0.1, 0.15) is 0 Å². The molecule has 4 aromatic rings. The summed E-state index contributed by atoms with van der Waals surface area (Å²) in [5.41, 5.74) is 2.48. The van der Waals surface area contributed by atoms with E-state index in [1.54, 1.807) is 48.5 Å². The molecule has 1 amide bonds. The lowest BCUT2D eigenvalue weighted by atomic mass is 10.2. The van der Waals surface area contributed by atoms with Gasteiger partial charge in [-0.25, -0.2) is 4.98 Å². The predicted molar refractivity (Wildman–Crippen MR) is 136 cm³/mol. The van der Waals surface area contributed by atoms with Crippen LogP contribution in [0.1, 0.15) is 11.1 Å². The zero-order chi connectivity index (χ0) is 23.5. The van der Waals surface area contributed by atoms with Crippen LogP contribution in [0.25, 0.3) is 16.6 Å². The number of carbonyl (C=O) groups is 1. The third-order valence-electron chi connectivity index (χ3n) is 5.05. The second-order valence-corrected chi connectivity index (χ2v) is 9.43. The van der Waals surface area contributed by atoms with Crippen LogP contribution in [0, 0.1) is 6.92 Å². The van der Waals surface area contributed by atoms with E-state index in [4.69, 9.17) is 34.8 Å². The molecule has 0 spiro atoms. The van der Waals surface area contributed by atoms with Crippen molar-refractivity contribution < 1.29 is 4.79 Å². The number of rotatable bonds is 6. The van der Waals surface area contributed by atoms with Crippen LogP contribution in [0.3, 0.4) is 0 Å². The van der Waals surface area contributed by atoms with E-state index >= 15 is 0 Å². The third-order valence-corrected chi connectivity index (χ3v) is 6.98. The predicted octanol–water partition coefficient (Wildman–Crippen LogP) is 6.06. The maximum atomic E-state index is 13.4. The van der Waals surface area contributed by atoms with E-state index in [2.05, 4.69) is 10.3 Å². The largest absolute Gasteiger partial charge is 0.351 e. The Bertz CT molecular complexity index is 1420. The van der Waals surface area contributed by atoms with E-state index in [0.717, 1.165) is 11.1 Å². The summed E-state index contributed by atoms with van der Waals surface area (Å²) in [4.78, 5) is 30.6. The van der Waals surface area contributed by atoms with Gasteiger partial charge in [0.05, 0.1) is 22.3 Å². The minimum absolute atomic E-state index is 0.0651. The first kappa shape index (κ1) is 23.6. The van der Waals surface area contributed by atoms with Gasteiger partial charge >= 0.3 is 0 Å². The fourth-order valence-electron chi connectivity index (χ4n) is 3.30. The van der Waals surface area contributed by atoms with E-state index in [1.165, 1.54) is 16.3 Å². The molecule has 0 unspecified atom stereocenters. The average Bonchev–Trinajstić information content (AvgIpc) is 2.79. The molecule has 0 atom stereocenters. The number of thioether (sulfide) groups is 1. The molecule has 0 bridgehead atoms. The van der Waals surface area contributed by atoms with E-state index in [0.29, 0.717) is 36.8 Å². The van der Waals surface area contributed by atoms with Crippen LogP contribution < -0.4 is 10.9 Å². The summed E-state index contributed by atoms with van der Waals surface area (Å²) in [6, 6.07) is 17.6. The van der Waals surface area contributed by atoms with Crippen LogP contribution >= 0.6 is 46.6 Å². The molecule has 9 heteroatoms. The molecule has 168 valence electrons. The van der Waals surface area contributed by atoms with Gasteiger partial charge in [-0.05, 0) is 54.4 Å². The molecule has 5 nitrogen and oxygen atoms in total. The Balaban J connectivity index is 1.62. The van der Waals surface area contributed by atoms with Gasteiger partial charge in [0.2, 0.25) is 5.91 Å². The maximum absolute atomic E-state index is 13.4. The minimum Gasteiger partial charge on any atom is -0.351 e. The van der Waals surface area contributed by atoms with Crippen molar-refractivity contribution in [1.82, 2.24) is 14.9 Å². The van der Waals surface area contributed by atoms with Crippen molar-refractivity contribution in [3.8, 4) is 5.69 Å². The summed E-state index contributed by atoms with van der Waals surface area (Å²) in [6.45, 7) is 2.11. The molecule has 0 saturated carbocycles. The van der Waals surface area contributed by atoms with Crippen LogP contribution in [0.5, 0.6) is 0 Å². The highest BCUT2D eigenvalue weighted by molar-refractivity contribution is 7.99. The highest BCUT2D eigenvalue weighted by Gasteiger charge is 2.17. The number of fused-ring (bicyclic) bond motifs is 1. The number of nitrogens with one attached hydrogen (secondary N) is 1. The van der Waals surface area contributed by atoms with Crippen LogP contribution in [-0.4, -0.2) is 21.2 Å². The molecule has 1 N–H and O–H groups in total. The lowest BCUT2D eigenvalue weighted by Gasteiger charge is -2.16. The molecular weight excluding hydrogens is 501 g/mol. The van der Waals surface area contributed by atoms with Gasteiger partial charge in [0.15, 0.2) is 5.16 Å². The Morgan fingerprint density at radius 1 is 1.03 bits per heavy atom. The summed E-state index contributed by atoms with van der Waals surface area (Å²) in [5, 5.41) is 5.29. The van der Waals surface area contributed by atoms with Crippen LogP contribution in [0.15, 0.2) is 70.6 Å². The molecule has 0 radical (unpaired) electrons. The second-order valence-electron chi connectivity index (χ2n) is 7.24. The first-order chi connectivity index (χ1) is 15.8. The van der Waals surface area contributed by atoms with Gasteiger partial charge in [0.25, 0.3) is 5.56 Å². The Morgan fingerprint density at radius 3 is 2.61 bits per heavy atom. The van der Waals surface area contributed by atoms with Crippen molar-refractivity contribution in [2.45, 2.75) is 18.6 Å². The molecule has 0 aliphatic rings.